The van der Waals surface area contributed by atoms with Crippen LogP contribution in [0, 0.1) is 17.9 Å². The molecule has 124 valence electrons. The maximum Gasteiger partial charge on any atom is 0.228 e. The molecule has 0 radical (unpaired) electrons. The first kappa shape index (κ1) is 16.3. The summed E-state index contributed by atoms with van der Waals surface area (Å²) in [5.41, 5.74) is 1.29. The normalized spacial score (nSPS) is 27.5. The van der Waals surface area contributed by atoms with E-state index >= 15 is 0 Å². The largest absolute Gasteiger partial charge is 0.507 e. The number of benzene rings is 1. The lowest BCUT2D eigenvalue weighted by atomic mass is 9.65. The van der Waals surface area contributed by atoms with Crippen LogP contribution in [-0.4, -0.2) is 37.3 Å². The summed E-state index contributed by atoms with van der Waals surface area (Å²) >= 11 is 0. The summed E-state index contributed by atoms with van der Waals surface area (Å²) in [5.74, 6) is 0.773. The van der Waals surface area contributed by atoms with Gasteiger partial charge in [-0.1, -0.05) is 26.0 Å². The Kier molecular flexibility index (Phi) is 3.90. The minimum atomic E-state index is -0.935. The van der Waals surface area contributed by atoms with E-state index < -0.39 is 5.60 Å². The monoisotopic (exact) mass is 314 g/mol. The predicted molar refractivity (Wildman–Crippen MR) is 90.9 cm³/mol. The van der Waals surface area contributed by atoms with Crippen molar-refractivity contribution in [3.8, 4) is 5.75 Å². The lowest BCUT2D eigenvalue weighted by molar-refractivity contribution is -0.122. The number of hydrogen-bond acceptors (Lipinski definition) is 3. The summed E-state index contributed by atoms with van der Waals surface area (Å²) in [5, 5.41) is 11.9. The molecule has 23 heavy (non-hydrogen) atoms. The summed E-state index contributed by atoms with van der Waals surface area (Å²) < 4.78 is 5.60. The molecule has 1 aliphatic carbocycles. The average Bonchev–Trinajstić information content (AvgIpc) is 2.74. The fraction of sp³-hybridized carbons (Fsp3) is 0.632. The number of methoxy groups -OCH3 is 1. The second kappa shape index (κ2) is 5.51. The van der Waals surface area contributed by atoms with Crippen LogP contribution >= 0.6 is 0 Å². The zero-order valence-corrected chi connectivity index (χ0v) is 14.5. The van der Waals surface area contributed by atoms with E-state index in [9.17, 15) is 5.11 Å². The fourth-order valence-electron chi connectivity index (χ4n) is 4.60. The summed E-state index contributed by atoms with van der Waals surface area (Å²) in [4.78, 5) is 5.91. The molecule has 1 aromatic carbocycles. The van der Waals surface area contributed by atoms with Crippen LogP contribution in [0.15, 0.2) is 12.1 Å². The molecule has 0 amide bonds. The first-order valence-corrected chi connectivity index (χ1v) is 8.34. The van der Waals surface area contributed by atoms with Gasteiger partial charge in [0, 0.05) is 11.0 Å². The van der Waals surface area contributed by atoms with Crippen LogP contribution in [0.2, 0.25) is 0 Å². The molecule has 1 fully saturated rings. The zero-order valence-electron chi connectivity index (χ0n) is 14.5. The standard InChI is InChI=1S/C19H26N2O2/c1-18(2)12-13-6-7-15(20-3)17(23-5)16(13)19(18,22)14-8-10-21(4)11-9-14/h6-7,14,22H,8-12H2,1-2,4-5H3. The number of likely N-dealkylation sites (tertiary alicyclic amines) is 1. The highest BCUT2D eigenvalue weighted by molar-refractivity contribution is 5.66. The van der Waals surface area contributed by atoms with E-state index in [0.29, 0.717) is 11.4 Å². The molecule has 1 atom stereocenters. The summed E-state index contributed by atoms with van der Waals surface area (Å²) in [7, 11) is 3.73. The smallest absolute Gasteiger partial charge is 0.228 e. The van der Waals surface area contributed by atoms with E-state index in [1.165, 1.54) is 0 Å². The molecule has 1 saturated heterocycles. The van der Waals surface area contributed by atoms with Crippen LogP contribution in [0.25, 0.3) is 4.85 Å². The van der Waals surface area contributed by atoms with Crippen molar-refractivity contribution in [3.05, 3.63) is 34.7 Å². The van der Waals surface area contributed by atoms with Gasteiger partial charge in [0.2, 0.25) is 5.69 Å². The Morgan fingerprint density at radius 3 is 2.52 bits per heavy atom. The quantitative estimate of drug-likeness (QED) is 0.851. The van der Waals surface area contributed by atoms with Gasteiger partial charge in [-0.15, -0.1) is 0 Å². The second-order valence-electron chi connectivity index (χ2n) is 7.67. The molecule has 0 saturated carbocycles. The van der Waals surface area contributed by atoms with Crippen molar-refractivity contribution in [2.75, 3.05) is 27.2 Å². The van der Waals surface area contributed by atoms with E-state index in [2.05, 4.69) is 30.6 Å². The number of nitrogens with zero attached hydrogens (tertiary/aromatic N) is 2. The Labute approximate surface area is 138 Å². The van der Waals surface area contributed by atoms with Crippen LogP contribution in [0.3, 0.4) is 0 Å². The lowest BCUT2D eigenvalue weighted by Crippen LogP contribution is -2.49. The van der Waals surface area contributed by atoms with Crippen molar-refractivity contribution in [1.29, 1.82) is 0 Å². The van der Waals surface area contributed by atoms with Gasteiger partial charge in [0.1, 0.15) is 11.4 Å². The number of aliphatic hydroxyl groups is 1. The van der Waals surface area contributed by atoms with Crippen molar-refractivity contribution in [3.63, 3.8) is 0 Å². The number of rotatable bonds is 2. The molecule has 1 unspecified atom stereocenters. The molecule has 3 rings (SSSR count). The highest BCUT2D eigenvalue weighted by Gasteiger charge is 2.57. The van der Waals surface area contributed by atoms with E-state index in [0.717, 1.165) is 43.5 Å². The molecule has 1 N–H and O–H groups in total. The van der Waals surface area contributed by atoms with Crippen molar-refractivity contribution in [2.45, 2.75) is 38.7 Å². The summed E-state index contributed by atoms with van der Waals surface area (Å²) in [6, 6.07) is 3.82. The Bertz CT molecular complexity index is 654. The van der Waals surface area contributed by atoms with Gasteiger partial charge in [-0.3, -0.25) is 0 Å². The van der Waals surface area contributed by atoms with Gasteiger partial charge in [-0.25, -0.2) is 4.85 Å². The SMILES string of the molecule is [C-]#[N+]c1ccc2c(c1OC)C(O)(C1CCN(C)CC1)C(C)(C)C2. The molecular formula is C19H26N2O2. The minimum Gasteiger partial charge on any atom is -0.507 e. The predicted octanol–water partition coefficient (Wildman–Crippen LogP) is 3.36. The van der Waals surface area contributed by atoms with Gasteiger partial charge in [-0.05, 0) is 50.9 Å². The average molecular weight is 314 g/mol. The molecule has 1 aromatic rings. The van der Waals surface area contributed by atoms with Crippen molar-refractivity contribution >= 4 is 5.69 Å². The minimum absolute atomic E-state index is 0.199. The van der Waals surface area contributed by atoms with Crippen LogP contribution in [0.1, 0.15) is 37.8 Å². The number of piperidine rings is 1. The Morgan fingerprint density at radius 2 is 1.96 bits per heavy atom. The molecule has 1 aliphatic heterocycles. The van der Waals surface area contributed by atoms with Gasteiger partial charge in [-0.2, -0.15) is 0 Å². The molecule has 4 heteroatoms. The van der Waals surface area contributed by atoms with Crippen LogP contribution < -0.4 is 4.74 Å². The molecule has 0 spiro atoms. The van der Waals surface area contributed by atoms with Crippen molar-refractivity contribution in [1.82, 2.24) is 4.90 Å². The number of fused-ring (bicyclic) bond motifs is 1. The third kappa shape index (κ3) is 2.26. The summed E-state index contributed by atoms with van der Waals surface area (Å²) in [6.07, 6.45) is 2.77. The Balaban J connectivity index is 2.16. The van der Waals surface area contributed by atoms with Gasteiger partial charge in [0.25, 0.3) is 0 Å². The zero-order chi connectivity index (χ0) is 16.8. The van der Waals surface area contributed by atoms with Crippen LogP contribution in [-0.2, 0) is 12.0 Å². The molecule has 4 nitrogen and oxygen atoms in total. The summed E-state index contributed by atoms with van der Waals surface area (Å²) in [6.45, 7) is 13.7. The first-order valence-electron chi connectivity index (χ1n) is 8.34. The van der Waals surface area contributed by atoms with Crippen molar-refractivity contribution < 1.29 is 9.84 Å². The van der Waals surface area contributed by atoms with Crippen molar-refractivity contribution in [2.24, 2.45) is 11.3 Å². The second-order valence-corrected chi connectivity index (χ2v) is 7.67. The molecule has 0 bridgehead atoms. The lowest BCUT2D eigenvalue weighted by Gasteiger charge is -2.47. The van der Waals surface area contributed by atoms with Crippen LogP contribution in [0.5, 0.6) is 5.75 Å². The van der Waals surface area contributed by atoms with E-state index in [4.69, 9.17) is 11.3 Å². The van der Waals surface area contributed by atoms with Gasteiger partial charge < -0.3 is 14.7 Å². The molecule has 2 aliphatic rings. The van der Waals surface area contributed by atoms with E-state index in [1.807, 2.05) is 12.1 Å². The molecule has 1 heterocycles. The number of ether oxygens (including phenoxy) is 1. The third-order valence-corrected chi connectivity index (χ3v) is 5.90. The molecular weight excluding hydrogens is 288 g/mol. The van der Waals surface area contributed by atoms with E-state index in [1.54, 1.807) is 7.11 Å². The van der Waals surface area contributed by atoms with Crippen LogP contribution in [0.4, 0.5) is 5.69 Å². The highest BCUT2D eigenvalue weighted by Crippen LogP contribution is 2.60. The third-order valence-electron chi connectivity index (χ3n) is 5.90. The van der Waals surface area contributed by atoms with Gasteiger partial charge in [0.05, 0.1) is 13.7 Å². The van der Waals surface area contributed by atoms with Gasteiger partial charge in [0.15, 0.2) is 0 Å². The highest BCUT2D eigenvalue weighted by atomic mass is 16.5. The first-order chi connectivity index (χ1) is 10.8. The Hall–Kier alpha value is -1.57. The number of hydrogen-bond donors (Lipinski definition) is 1. The fourth-order valence-corrected chi connectivity index (χ4v) is 4.60. The Morgan fingerprint density at radius 1 is 1.30 bits per heavy atom. The van der Waals surface area contributed by atoms with E-state index in [-0.39, 0.29) is 11.3 Å². The van der Waals surface area contributed by atoms with Gasteiger partial charge >= 0.3 is 0 Å². The topological polar surface area (TPSA) is 37.1 Å². The maximum absolute atomic E-state index is 11.9. The molecule has 0 aromatic heterocycles. The maximum atomic E-state index is 11.9.